The van der Waals surface area contributed by atoms with E-state index in [1.807, 2.05) is 0 Å². The maximum atomic E-state index is 10.2. The Kier molecular flexibility index (Phi) is 18.0. The van der Waals surface area contributed by atoms with E-state index in [0.29, 0.717) is 12.3 Å². The number of hydrogen-bond donors (Lipinski definition) is 3. The van der Waals surface area contributed by atoms with Crippen molar-refractivity contribution in [3.8, 4) is 0 Å². The Labute approximate surface area is 94.6 Å². The molecule has 1 unspecified atom stereocenters. The number of nitrogens with two attached hydrogens (primary N) is 2. The predicted molar refractivity (Wildman–Crippen MR) is 61.1 cm³/mol. The molecule has 0 aromatic heterocycles. The second-order valence-electron chi connectivity index (χ2n) is 2.16. The molecule has 13 heavy (non-hydrogen) atoms. The molecule has 0 bridgehead atoms. The van der Waals surface area contributed by atoms with E-state index in [-0.39, 0.29) is 24.8 Å². The van der Waals surface area contributed by atoms with Gasteiger partial charge in [0.05, 0.1) is 0 Å². The molecule has 1 atom stereocenters. The van der Waals surface area contributed by atoms with E-state index < -0.39 is 12.0 Å². The summed E-state index contributed by atoms with van der Waals surface area (Å²) in [6, 6.07) is -0.738. The molecule has 5 N–H and O–H groups in total. The molecule has 4 nitrogen and oxygen atoms in total. The number of carboxylic acids is 1. The fourth-order valence-electron chi connectivity index (χ4n) is 0.467. The molecule has 0 aromatic rings. The van der Waals surface area contributed by atoms with E-state index in [1.54, 1.807) is 0 Å². The number of thioether (sulfide) groups is 1. The van der Waals surface area contributed by atoms with Crippen LogP contribution in [0, 0.1) is 0 Å². The zero-order valence-corrected chi connectivity index (χ0v) is 9.59. The zero-order valence-electron chi connectivity index (χ0n) is 7.14. The third-order valence-electron chi connectivity index (χ3n) is 1.11. The van der Waals surface area contributed by atoms with Gasteiger partial charge in [-0.3, -0.25) is 4.79 Å². The Morgan fingerprint density at radius 2 is 2.00 bits per heavy atom. The highest BCUT2D eigenvalue weighted by molar-refractivity contribution is 7.99. The van der Waals surface area contributed by atoms with E-state index in [1.165, 1.54) is 11.8 Å². The summed E-state index contributed by atoms with van der Waals surface area (Å²) in [6.07, 6.45) is 0.914. The number of hydrogen-bond acceptors (Lipinski definition) is 4. The van der Waals surface area contributed by atoms with Crippen molar-refractivity contribution < 1.29 is 9.90 Å². The minimum Gasteiger partial charge on any atom is -0.480 e. The van der Waals surface area contributed by atoms with Gasteiger partial charge in [-0.2, -0.15) is 11.8 Å². The van der Waals surface area contributed by atoms with Crippen LogP contribution in [0.5, 0.6) is 0 Å². The van der Waals surface area contributed by atoms with Gasteiger partial charge in [0.2, 0.25) is 0 Å². The highest BCUT2D eigenvalue weighted by Crippen LogP contribution is 2.02. The molecule has 0 heterocycles. The van der Waals surface area contributed by atoms with Crippen LogP contribution in [-0.2, 0) is 4.79 Å². The Balaban J connectivity index is -0.000000500. The number of rotatable bonds is 6. The van der Waals surface area contributed by atoms with Crippen LogP contribution in [0.1, 0.15) is 6.42 Å². The highest BCUT2D eigenvalue weighted by Gasteiger charge is 2.09. The van der Waals surface area contributed by atoms with E-state index in [2.05, 4.69) is 0 Å². The molecular weight excluding hydrogens is 235 g/mol. The fraction of sp³-hybridized carbons (Fsp3) is 0.833. The van der Waals surface area contributed by atoms with Crippen LogP contribution in [-0.4, -0.2) is 35.2 Å². The first kappa shape index (κ1) is 19.0. The molecule has 0 rings (SSSR count). The molecule has 7 heteroatoms. The predicted octanol–water partition coefficient (Wildman–Crippen LogP) is 0.324. The fourth-order valence-corrected chi connectivity index (χ4v) is 1.40. The normalized spacial score (nSPS) is 10.9. The minimum absolute atomic E-state index is 0. The van der Waals surface area contributed by atoms with Crippen molar-refractivity contribution in [3.63, 3.8) is 0 Å². The SMILES string of the molecule is Cl.Cl.NCCCSCC(N)C(=O)O. The van der Waals surface area contributed by atoms with Crippen molar-refractivity contribution in [2.75, 3.05) is 18.1 Å². The van der Waals surface area contributed by atoms with Crippen LogP contribution in [0.25, 0.3) is 0 Å². The van der Waals surface area contributed by atoms with Crippen molar-refractivity contribution in [1.29, 1.82) is 0 Å². The maximum absolute atomic E-state index is 10.2. The summed E-state index contributed by atoms with van der Waals surface area (Å²) in [5, 5.41) is 8.38. The highest BCUT2D eigenvalue weighted by atomic mass is 35.5. The van der Waals surface area contributed by atoms with Gasteiger partial charge in [-0.15, -0.1) is 24.8 Å². The van der Waals surface area contributed by atoms with Crippen molar-refractivity contribution in [1.82, 2.24) is 0 Å². The topological polar surface area (TPSA) is 89.3 Å². The molecule has 0 aliphatic carbocycles. The second-order valence-corrected chi connectivity index (χ2v) is 3.31. The second kappa shape index (κ2) is 12.3. The average Bonchev–Trinajstić information content (AvgIpc) is 1.97. The van der Waals surface area contributed by atoms with Crippen LogP contribution in [0.4, 0.5) is 0 Å². The first-order chi connectivity index (χ1) is 5.18. The molecule has 0 saturated carbocycles. The number of aliphatic carboxylic acids is 1. The van der Waals surface area contributed by atoms with Gasteiger partial charge in [-0.05, 0) is 18.7 Å². The van der Waals surface area contributed by atoms with E-state index in [0.717, 1.165) is 12.2 Å². The minimum atomic E-state index is -0.940. The van der Waals surface area contributed by atoms with Gasteiger partial charge in [0.15, 0.2) is 0 Å². The first-order valence-corrected chi connectivity index (χ1v) is 4.60. The van der Waals surface area contributed by atoms with Gasteiger partial charge >= 0.3 is 5.97 Å². The number of carbonyl (C=O) groups is 1. The average molecular weight is 251 g/mol. The molecule has 0 aliphatic heterocycles. The standard InChI is InChI=1S/C6H14N2O2S.2ClH/c7-2-1-3-11-4-5(8)6(9)10;;/h5H,1-4,7-8H2,(H,9,10);2*1H. The van der Waals surface area contributed by atoms with E-state index in [9.17, 15) is 4.79 Å². The summed E-state index contributed by atoms with van der Waals surface area (Å²) in [7, 11) is 0. The van der Waals surface area contributed by atoms with Crippen LogP contribution in [0.3, 0.4) is 0 Å². The Hall–Kier alpha value is 0.320. The smallest absolute Gasteiger partial charge is 0.321 e. The van der Waals surface area contributed by atoms with E-state index in [4.69, 9.17) is 16.6 Å². The Morgan fingerprint density at radius 1 is 1.46 bits per heavy atom. The van der Waals surface area contributed by atoms with Gasteiger partial charge in [0.25, 0.3) is 0 Å². The van der Waals surface area contributed by atoms with Crippen LogP contribution < -0.4 is 11.5 Å². The molecule has 0 aliphatic rings. The van der Waals surface area contributed by atoms with Gasteiger partial charge in [-0.25, -0.2) is 0 Å². The van der Waals surface area contributed by atoms with Crippen molar-refractivity contribution in [2.24, 2.45) is 11.5 Å². The summed E-state index contributed by atoms with van der Waals surface area (Å²) in [4.78, 5) is 10.2. The quantitative estimate of drug-likeness (QED) is 0.592. The Morgan fingerprint density at radius 3 is 2.38 bits per heavy atom. The monoisotopic (exact) mass is 250 g/mol. The molecular formula is C6H16Cl2N2O2S. The van der Waals surface area contributed by atoms with Crippen LogP contribution >= 0.6 is 36.6 Å². The summed E-state index contributed by atoms with van der Waals surface area (Å²) < 4.78 is 0. The van der Waals surface area contributed by atoms with Crippen LogP contribution in [0.15, 0.2) is 0 Å². The van der Waals surface area contributed by atoms with Crippen molar-refractivity contribution in [2.45, 2.75) is 12.5 Å². The van der Waals surface area contributed by atoms with Crippen molar-refractivity contribution >= 4 is 42.5 Å². The summed E-state index contributed by atoms with van der Waals surface area (Å²) in [5.74, 6) is 0.414. The largest absolute Gasteiger partial charge is 0.480 e. The number of carboxylic acid groups (broad SMARTS) is 1. The Bertz CT molecular complexity index is 129. The lowest BCUT2D eigenvalue weighted by Gasteiger charge is -2.04. The third-order valence-corrected chi connectivity index (χ3v) is 2.28. The maximum Gasteiger partial charge on any atom is 0.321 e. The summed E-state index contributed by atoms with van der Waals surface area (Å²) in [5.41, 5.74) is 10.5. The molecule has 0 aromatic carbocycles. The summed E-state index contributed by atoms with van der Waals surface area (Å²) >= 11 is 1.53. The van der Waals surface area contributed by atoms with Gasteiger partial charge in [-0.1, -0.05) is 0 Å². The molecule has 0 radical (unpaired) electrons. The number of halogens is 2. The lowest BCUT2D eigenvalue weighted by atomic mass is 10.4. The summed E-state index contributed by atoms with van der Waals surface area (Å²) in [6.45, 7) is 0.648. The van der Waals surface area contributed by atoms with Crippen LogP contribution in [0.2, 0.25) is 0 Å². The molecule has 0 amide bonds. The zero-order chi connectivity index (χ0) is 8.69. The third kappa shape index (κ3) is 12.3. The molecule has 0 saturated heterocycles. The van der Waals surface area contributed by atoms with E-state index >= 15 is 0 Å². The first-order valence-electron chi connectivity index (χ1n) is 3.44. The molecule has 0 spiro atoms. The lowest BCUT2D eigenvalue weighted by molar-refractivity contribution is -0.137. The molecule has 0 fully saturated rings. The van der Waals surface area contributed by atoms with Gasteiger partial charge in [0.1, 0.15) is 6.04 Å². The van der Waals surface area contributed by atoms with Crippen molar-refractivity contribution in [3.05, 3.63) is 0 Å². The molecule has 82 valence electrons. The van der Waals surface area contributed by atoms with Gasteiger partial charge in [0, 0.05) is 5.75 Å². The lowest BCUT2D eigenvalue weighted by Crippen LogP contribution is -2.32. The van der Waals surface area contributed by atoms with Gasteiger partial charge < -0.3 is 16.6 Å².